The SMILES string of the molecule is N#C/C(=C\c1cccc([N+](=O)[O-])c1)C(=O)NNC1CCCCC1. The molecule has 0 unspecified atom stereocenters. The van der Waals surface area contributed by atoms with Gasteiger partial charge >= 0.3 is 0 Å². The van der Waals surface area contributed by atoms with Crippen molar-refractivity contribution < 1.29 is 9.72 Å². The zero-order chi connectivity index (χ0) is 16.7. The quantitative estimate of drug-likeness (QED) is 0.375. The Morgan fingerprint density at radius 2 is 2.09 bits per heavy atom. The van der Waals surface area contributed by atoms with Crippen LogP contribution in [0.15, 0.2) is 29.8 Å². The first-order chi connectivity index (χ1) is 11.1. The van der Waals surface area contributed by atoms with E-state index >= 15 is 0 Å². The van der Waals surface area contributed by atoms with Gasteiger partial charge in [-0.3, -0.25) is 20.3 Å². The van der Waals surface area contributed by atoms with Crippen molar-refractivity contribution in [3.8, 4) is 6.07 Å². The molecule has 2 N–H and O–H groups in total. The van der Waals surface area contributed by atoms with Crippen molar-refractivity contribution in [1.82, 2.24) is 10.9 Å². The number of non-ortho nitro benzene ring substituents is 1. The standard InChI is InChI=1S/C16H18N4O3/c17-11-13(9-12-5-4-8-15(10-12)20(22)23)16(21)19-18-14-6-2-1-3-7-14/h4-5,8-10,14,18H,1-3,6-7H2,(H,19,21)/b13-9+. The van der Waals surface area contributed by atoms with Gasteiger partial charge in [-0.05, 0) is 24.5 Å². The zero-order valence-electron chi connectivity index (χ0n) is 12.6. The predicted molar refractivity (Wildman–Crippen MR) is 84.8 cm³/mol. The first-order valence-corrected chi connectivity index (χ1v) is 7.52. The summed E-state index contributed by atoms with van der Waals surface area (Å²) < 4.78 is 0. The molecular weight excluding hydrogens is 296 g/mol. The first-order valence-electron chi connectivity index (χ1n) is 7.52. The number of carbonyl (C=O) groups is 1. The summed E-state index contributed by atoms with van der Waals surface area (Å²) in [6.07, 6.45) is 6.80. The van der Waals surface area contributed by atoms with Gasteiger partial charge in [0.25, 0.3) is 11.6 Å². The van der Waals surface area contributed by atoms with E-state index in [9.17, 15) is 14.9 Å². The van der Waals surface area contributed by atoms with Crippen LogP contribution in [0.25, 0.3) is 6.08 Å². The molecule has 0 bridgehead atoms. The fraction of sp³-hybridized carbons (Fsp3) is 0.375. The number of hydrogen-bond acceptors (Lipinski definition) is 5. The average molecular weight is 314 g/mol. The molecular formula is C16H18N4O3. The van der Waals surface area contributed by atoms with E-state index in [2.05, 4.69) is 10.9 Å². The number of amides is 1. The van der Waals surface area contributed by atoms with Crippen molar-refractivity contribution in [3.63, 3.8) is 0 Å². The first kappa shape index (κ1) is 16.6. The third-order valence-electron chi connectivity index (χ3n) is 3.75. The van der Waals surface area contributed by atoms with Crippen molar-refractivity contribution in [2.24, 2.45) is 0 Å². The third kappa shape index (κ3) is 4.90. The number of benzene rings is 1. The number of nitrogens with zero attached hydrogens (tertiary/aromatic N) is 2. The van der Waals surface area contributed by atoms with Crippen LogP contribution in [0.2, 0.25) is 0 Å². The van der Waals surface area contributed by atoms with E-state index in [1.165, 1.54) is 30.7 Å². The van der Waals surface area contributed by atoms with Crippen LogP contribution in [0, 0.1) is 21.4 Å². The van der Waals surface area contributed by atoms with Gasteiger partial charge in [0.1, 0.15) is 11.6 Å². The molecule has 1 saturated carbocycles. The van der Waals surface area contributed by atoms with Gasteiger partial charge in [-0.1, -0.05) is 31.4 Å². The number of hydrogen-bond donors (Lipinski definition) is 2. The second-order valence-corrected chi connectivity index (χ2v) is 5.46. The monoisotopic (exact) mass is 314 g/mol. The maximum atomic E-state index is 12.0. The molecule has 0 aromatic heterocycles. The Morgan fingerprint density at radius 1 is 1.35 bits per heavy atom. The summed E-state index contributed by atoms with van der Waals surface area (Å²) in [5.74, 6) is -0.537. The van der Waals surface area contributed by atoms with Crippen molar-refractivity contribution in [2.45, 2.75) is 38.1 Å². The van der Waals surface area contributed by atoms with Gasteiger partial charge < -0.3 is 0 Å². The molecule has 120 valence electrons. The lowest BCUT2D eigenvalue weighted by Gasteiger charge is -2.22. The lowest BCUT2D eigenvalue weighted by atomic mass is 9.96. The lowest BCUT2D eigenvalue weighted by molar-refractivity contribution is -0.384. The summed E-state index contributed by atoms with van der Waals surface area (Å²) >= 11 is 0. The van der Waals surface area contributed by atoms with Gasteiger partial charge in [0.05, 0.1) is 4.92 Å². The fourth-order valence-corrected chi connectivity index (χ4v) is 2.53. The van der Waals surface area contributed by atoms with Gasteiger partial charge in [-0.15, -0.1) is 0 Å². The number of hydrazine groups is 1. The van der Waals surface area contributed by atoms with Crippen LogP contribution in [0.4, 0.5) is 5.69 Å². The van der Waals surface area contributed by atoms with Gasteiger partial charge in [-0.2, -0.15) is 5.26 Å². The van der Waals surface area contributed by atoms with Gasteiger partial charge in [0, 0.05) is 18.2 Å². The Kier molecular flexibility index (Phi) is 5.83. The second-order valence-electron chi connectivity index (χ2n) is 5.46. The van der Waals surface area contributed by atoms with E-state index in [0.29, 0.717) is 5.56 Å². The number of nitriles is 1. The third-order valence-corrected chi connectivity index (χ3v) is 3.75. The molecule has 0 atom stereocenters. The molecule has 23 heavy (non-hydrogen) atoms. The van der Waals surface area contributed by atoms with Crippen LogP contribution in [0.3, 0.4) is 0 Å². The lowest BCUT2D eigenvalue weighted by Crippen LogP contribution is -2.45. The largest absolute Gasteiger partial charge is 0.287 e. The fourth-order valence-electron chi connectivity index (χ4n) is 2.53. The van der Waals surface area contributed by atoms with Crippen molar-refractivity contribution in [2.75, 3.05) is 0 Å². The van der Waals surface area contributed by atoms with Crippen LogP contribution < -0.4 is 10.9 Å². The molecule has 7 heteroatoms. The highest BCUT2D eigenvalue weighted by Gasteiger charge is 2.15. The average Bonchev–Trinajstić information content (AvgIpc) is 2.58. The summed E-state index contributed by atoms with van der Waals surface area (Å²) in [4.78, 5) is 22.3. The topological polar surface area (TPSA) is 108 Å². The minimum absolute atomic E-state index is 0.0863. The zero-order valence-corrected chi connectivity index (χ0v) is 12.6. The normalized spacial score (nSPS) is 15.7. The molecule has 1 aliphatic rings. The Bertz CT molecular complexity index is 658. The highest BCUT2D eigenvalue weighted by molar-refractivity contribution is 6.01. The van der Waals surface area contributed by atoms with Crippen LogP contribution in [-0.2, 0) is 4.79 Å². The van der Waals surface area contributed by atoms with E-state index in [1.807, 2.05) is 6.07 Å². The van der Waals surface area contributed by atoms with E-state index in [4.69, 9.17) is 5.26 Å². The summed E-state index contributed by atoms with van der Waals surface area (Å²) in [5.41, 5.74) is 5.74. The van der Waals surface area contributed by atoms with E-state index in [0.717, 1.165) is 25.7 Å². The molecule has 1 aromatic rings. The number of carbonyl (C=O) groups excluding carboxylic acids is 1. The molecule has 0 heterocycles. The minimum Gasteiger partial charge on any atom is -0.287 e. The van der Waals surface area contributed by atoms with Crippen LogP contribution in [0.5, 0.6) is 0 Å². The smallest absolute Gasteiger partial charge is 0.276 e. The maximum absolute atomic E-state index is 12.0. The Balaban J connectivity index is 2.03. The maximum Gasteiger partial charge on any atom is 0.276 e. The van der Waals surface area contributed by atoms with E-state index < -0.39 is 10.8 Å². The molecule has 1 aromatic carbocycles. The van der Waals surface area contributed by atoms with Crippen molar-refractivity contribution >= 4 is 17.7 Å². The van der Waals surface area contributed by atoms with Gasteiger partial charge in [-0.25, -0.2) is 5.43 Å². The van der Waals surface area contributed by atoms with Gasteiger partial charge in [0.2, 0.25) is 0 Å². The van der Waals surface area contributed by atoms with Crippen LogP contribution in [0.1, 0.15) is 37.7 Å². The number of rotatable bonds is 5. The molecule has 0 aliphatic heterocycles. The summed E-state index contributed by atoms with van der Waals surface area (Å²) in [6, 6.07) is 7.84. The molecule has 1 amide bonds. The molecule has 1 fully saturated rings. The van der Waals surface area contributed by atoms with Crippen LogP contribution in [-0.4, -0.2) is 16.9 Å². The number of nitro benzene ring substituents is 1. The predicted octanol–water partition coefficient (Wildman–Crippen LogP) is 2.46. The summed E-state index contributed by atoms with van der Waals surface area (Å²) in [5, 5.41) is 19.9. The molecule has 0 saturated heterocycles. The molecule has 7 nitrogen and oxygen atoms in total. The minimum atomic E-state index is -0.537. The number of nitrogens with one attached hydrogen (secondary N) is 2. The second kappa shape index (κ2) is 8.06. The highest BCUT2D eigenvalue weighted by atomic mass is 16.6. The van der Waals surface area contributed by atoms with Gasteiger partial charge in [0.15, 0.2) is 0 Å². The Morgan fingerprint density at radius 3 is 2.74 bits per heavy atom. The molecule has 2 rings (SSSR count). The van der Waals surface area contributed by atoms with E-state index in [1.54, 1.807) is 6.07 Å². The molecule has 1 aliphatic carbocycles. The summed E-state index contributed by atoms with van der Waals surface area (Å²) in [6.45, 7) is 0. The summed E-state index contributed by atoms with van der Waals surface area (Å²) in [7, 11) is 0. The number of nitro groups is 1. The Hall–Kier alpha value is -2.72. The van der Waals surface area contributed by atoms with E-state index in [-0.39, 0.29) is 17.3 Å². The van der Waals surface area contributed by atoms with Crippen molar-refractivity contribution in [3.05, 3.63) is 45.5 Å². The molecule has 0 radical (unpaired) electrons. The van der Waals surface area contributed by atoms with Crippen LogP contribution >= 0.6 is 0 Å². The Labute approximate surface area is 134 Å². The molecule has 0 spiro atoms. The highest BCUT2D eigenvalue weighted by Crippen LogP contribution is 2.17. The van der Waals surface area contributed by atoms with Crippen molar-refractivity contribution in [1.29, 1.82) is 5.26 Å².